The monoisotopic (exact) mass is 420 g/mol. The Labute approximate surface area is 181 Å². The molecule has 0 spiro atoms. The average Bonchev–Trinajstić information content (AvgIpc) is 2.72. The Morgan fingerprint density at radius 3 is 2.37 bits per heavy atom. The zero-order valence-electron chi connectivity index (χ0n) is 18.5. The van der Waals surface area contributed by atoms with E-state index < -0.39 is 12.0 Å². The van der Waals surface area contributed by atoms with Crippen LogP contribution >= 0.6 is 0 Å². The molecule has 0 amide bonds. The molecular weight excluding hydrogens is 380 g/mol. The first-order chi connectivity index (χ1) is 14.7. The van der Waals surface area contributed by atoms with E-state index in [0.29, 0.717) is 6.42 Å². The second-order valence-electron chi connectivity index (χ2n) is 7.88. The lowest BCUT2D eigenvalue weighted by molar-refractivity contribution is -0.143. The molecule has 1 aliphatic heterocycles. The summed E-state index contributed by atoms with van der Waals surface area (Å²) in [5.74, 6) is 0.186. The largest absolute Gasteiger partial charge is 0.494 e. The molecule has 1 fully saturated rings. The Bertz CT molecular complexity index is 588. The summed E-state index contributed by atoms with van der Waals surface area (Å²) in [7, 11) is 0. The van der Waals surface area contributed by atoms with Crippen LogP contribution < -0.4 is 20.7 Å². The standard InChI is InChI=1S/C23H40N4O3/c1-2-3-18-30-21-8-4-6-20(19-21)7-5-9-22(23(28)29)27-16-14-25-12-10-24-11-13-26-15-17-27/h4,6,8,19,22,24-26H,2-3,5,7,9-18H2,1H3,(H,28,29)/t22-/m0/s1. The molecule has 1 heterocycles. The van der Waals surface area contributed by atoms with Gasteiger partial charge in [0.2, 0.25) is 0 Å². The molecule has 1 aromatic rings. The smallest absolute Gasteiger partial charge is 0.320 e. The van der Waals surface area contributed by atoms with Crippen molar-refractivity contribution < 1.29 is 14.6 Å². The van der Waals surface area contributed by atoms with Gasteiger partial charge in [-0.1, -0.05) is 25.5 Å². The van der Waals surface area contributed by atoms with Gasteiger partial charge in [0, 0.05) is 52.4 Å². The van der Waals surface area contributed by atoms with Crippen molar-refractivity contribution in [3.05, 3.63) is 29.8 Å². The fraction of sp³-hybridized carbons (Fsp3) is 0.696. The summed E-state index contributed by atoms with van der Waals surface area (Å²) in [6.07, 6.45) is 4.54. The minimum Gasteiger partial charge on any atom is -0.494 e. The average molecular weight is 421 g/mol. The number of carboxylic acid groups (broad SMARTS) is 1. The molecule has 7 nitrogen and oxygen atoms in total. The van der Waals surface area contributed by atoms with Gasteiger partial charge in [-0.15, -0.1) is 0 Å². The predicted octanol–water partition coefficient (Wildman–Crippen LogP) is 1.73. The maximum atomic E-state index is 12.0. The topological polar surface area (TPSA) is 85.9 Å². The van der Waals surface area contributed by atoms with Crippen LogP contribution in [0, 0.1) is 0 Å². The first kappa shape index (κ1) is 24.6. The minimum absolute atomic E-state index is 0.446. The van der Waals surface area contributed by atoms with Gasteiger partial charge in [0.05, 0.1) is 6.61 Å². The van der Waals surface area contributed by atoms with Crippen molar-refractivity contribution in [3.63, 3.8) is 0 Å². The number of unbranched alkanes of at least 4 members (excludes halogenated alkanes) is 1. The Morgan fingerprint density at radius 1 is 1.07 bits per heavy atom. The van der Waals surface area contributed by atoms with Gasteiger partial charge >= 0.3 is 5.97 Å². The van der Waals surface area contributed by atoms with E-state index in [0.717, 1.165) is 90.4 Å². The van der Waals surface area contributed by atoms with Crippen molar-refractivity contribution in [1.82, 2.24) is 20.9 Å². The number of hydrogen-bond acceptors (Lipinski definition) is 6. The third kappa shape index (κ3) is 9.89. The molecule has 0 aliphatic carbocycles. The van der Waals surface area contributed by atoms with Gasteiger partial charge in [0.1, 0.15) is 11.8 Å². The molecule has 0 unspecified atom stereocenters. The SMILES string of the molecule is CCCCOc1cccc(CCC[C@@H](C(=O)O)N2CCNCCNCCNCC2)c1. The van der Waals surface area contributed by atoms with E-state index in [9.17, 15) is 9.90 Å². The molecule has 7 heteroatoms. The zero-order chi connectivity index (χ0) is 21.4. The molecule has 0 radical (unpaired) electrons. The van der Waals surface area contributed by atoms with Gasteiger partial charge in [-0.2, -0.15) is 0 Å². The maximum absolute atomic E-state index is 12.0. The summed E-state index contributed by atoms with van der Waals surface area (Å²) in [6.45, 7) is 9.69. The number of benzene rings is 1. The fourth-order valence-electron chi connectivity index (χ4n) is 3.68. The van der Waals surface area contributed by atoms with Gasteiger partial charge < -0.3 is 25.8 Å². The molecular formula is C23H40N4O3. The van der Waals surface area contributed by atoms with E-state index in [1.54, 1.807) is 0 Å². The third-order valence-corrected chi connectivity index (χ3v) is 5.44. The maximum Gasteiger partial charge on any atom is 0.320 e. The first-order valence-corrected chi connectivity index (χ1v) is 11.5. The molecule has 2 rings (SSSR count). The van der Waals surface area contributed by atoms with Crippen LogP contribution in [0.1, 0.15) is 38.2 Å². The number of aliphatic carboxylic acids is 1. The highest BCUT2D eigenvalue weighted by atomic mass is 16.5. The van der Waals surface area contributed by atoms with Crippen LogP contribution in [0.3, 0.4) is 0 Å². The molecule has 1 atom stereocenters. The van der Waals surface area contributed by atoms with Gasteiger partial charge in [-0.3, -0.25) is 9.69 Å². The van der Waals surface area contributed by atoms with Crippen LogP contribution in [0.2, 0.25) is 0 Å². The highest BCUT2D eigenvalue weighted by Gasteiger charge is 2.24. The number of carbonyl (C=O) groups is 1. The van der Waals surface area contributed by atoms with Crippen LogP contribution in [0.4, 0.5) is 0 Å². The number of hydrogen-bond donors (Lipinski definition) is 4. The van der Waals surface area contributed by atoms with Crippen molar-refractivity contribution in [2.24, 2.45) is 0 Å². The number of ether oxygens (including phenoxy) is 1. The normalized spacial score (nSPS) is 18.2. The second kappa shape index (κ2) is 15.2. The van der Waals surface area contributed by atoms with Crippen molar-refractivity contribution >= 4 is 5.97 Å². The summed E-state index contributed by atoms with van der Waals surface area (Å²) < 4.78 is 5.79. The lowest BCUT2D eigenvalue weighted by atomic mass is 10.0. The van der Waals surface area contributed by atoms with Crippen molar-refractivity contribution in [3.8, 4) is 5.75 Å². The van der Waals surface area contributed by atoms with Crippen LogP contribution in [-0.4, -0.2) is 81.0 Å². The molecule has 30 heavy (non-hydrogen) atoms. The summed E-state index contributed by atoms with van der Waals surface area (Å²) in [5.41, 5.74) is 1.21. The van der Waals surface area contributed by atoms with Crippen LogP contribution in [0.5, 0.6) is 5.75 Å². The predicted molar refractivity (Wildman–Crippen MR) is 121 cm³/mol. The summed E-state index contributed by atoms with van der Waals surface area (Å²) >= 11 is 0. The van der Waals surface area contributed by atoms with E-state index in [1.807, 2.05) is 12.1 Å². The number of aryl methyl sites for hydroxylation is 1. The van der Waals surface area contributed by atoms with E-state index >= 15 is 0 Å². The highest BCUT2D eigenvalue weighted by Crippen LogP contribution is 2.17. The van der Waals surface area contributed by atoms with Crippen LogP contribution in [0.25, 0.3) is 0 Å². The lowest BCUT2D eigenvalue weighted by Crippen LogP contribution is -2.48. The Kier molecular flexibility index (Phi) is 12.4. The quantitative estimate of drug-likeness (QED) is 0.429. The second-order valence-corrected chi connectivity index (χ2v) is 7.88. The zero-order valence-corrected chi connectivity index (χ0v) is 18.5. The van der Waals surface area contributed by atoms with Crippen molar-refractivity contribution in [2.45, 2.75) is 45.1 Å². The van der Waals surface area contributed by atoms with E-state index in [-0.39, 0.29) is 0 Å². The number of rotatable bonds is 10. The lowest BCUT2D eigenvalue weighted by Gasteiger charge is -2.29. The Morgan fingerprint density at radius 2 is 1.73 bits per heavy atom. The van der Waals surface area contributed by atoms with E-state index in [1.165, 1.54) is 5.56 Å². The van der Waals surface area contributed by atoms with Gasteiger partial charge in [-0.25, -0.2) is 0 Å². The molecule has 1 aliphatic rings. The Balaban J connectivity index is 1.86. The van der Waals surface area contributed by atoms with Crippen molar-refractivity contribution in [1.29, 1.82) is 0 Å². The third-order valence-electron chi connectivity index (χ3n) is 5.44. The molecule has 170 valence electrons. The molecule has 0 aromatic heterocycles. The fourth-order valence-corrected chi connectivity index (χ4v) is 3.68. The molecule has 0 bridgehead atoms. The minimum atomic E-state index is -0.722. The number of carboxylic acids is 1. The van der Waals surface area contributed by atoms with E-state index in [4.69, 9.17) is 4.74 Å². The molecule has 0 saturated carbocycles. The summed E-state index contributed by atoms with van der Waals surface area (Å²) in [5, 5.41) is 20.0. The highest BCUT2D eigenvalue weighted by molar-refractivity contribution is 5.73. The Hall–Kier alpha value is -1.67. The number of nitrogens with one attached hydrogen (secondary N) is 3. The first-order valence-electron chi connectivity index (χ1n) is 11.5. The van der Waals surface area contributed by atoms with E-state index in [2.05, 4.69) is 39.9 Å². The summed E-state index contributed by atoms with van der Waals surface area (Å²) in [6, 6.07) is 7.75. The summed E-state index contributed by atoms with van der Waals surface area (Å²) in [4.78, 5) is 14.1. The molecule has 4 N–H and O–H groups in total. The van der Waals surface area contributed by atoms with Gasteiger partial charge in [0.15, 0.2) is 0 Å². The number of nitrogens with zero attached hydrogens (tertiary/aromatic N) is 1. The van der Waals surface area contributed by atoms with Gasteiger partial charge in [-0.05, 0) is 43.4 Å². The molecule has 1 saturated heterocycles. The van der Waals surface area contributed by atoms with Crippen LogP contribution in [-0.2, 0) is 11.2 Å². The van der Waals surface area contributed by atoms with Gasteiger partial charge in [0.25, 0.3) is 0 Å². The van der Waals surface area contributed by atoms with Crippen LogP contribution in [0.15, 0.2) is 24.3 Å². The van der Waals surface area contributed by atoms with Crippen molar-refractivity contribution in [2.75, 3.05) is 59.0 Å². The molecule has 1 aromatic carbocycles.